The number of ether oxygens (including phenoxy) is 1. The Labute approximate surface area is 112 Å². The zero-order chi connectivity index (χ0) is 13.7. The van der Waals surface area contributed by atoms with Crippen LogP contribution in [0.1, 0.15) is 30.7 Å². The van der Waals surface area contributed by atoms with Gasteiger partial charge in [-0.2, -0.15) is 0 Å². The number of aromatic nitrogens is 2. The minimum absolute atomic E-state index is 0.189. The van der Waals surface area contributed by atoms with Crippen molar-refractivity contribution in [1.82, 2.24) is 10.2 Å². The lowest BCUT2D eigenvalue weighted by Crippen LogP contribution is -2.21. The molecule has 0 aliphatic carbocycles. The second-order valence-electron chi connectivity index (χ2n) is 4.52. The molecule has 19 heavy (non-hydrogen) atoms. The Morgan fingerprint density at radius 2 is 2.21 bits per heavy atom. The minimum atomic E-state index is 0.189. The summed E-state index contributed by atoms with van der Waals surface area (Å²) in [6.07, 6.45) is 1.82. The first kappa shape index (κ1) is 13.5. The average Bonchev–Trinajstić information content (AvgIpc) is 2.82. The number of hydrogen-bond acceptors (Lipinski definition) is 5. The Bertz CT molecular complexity index is 525. The molecule has 5 nitrogen and oxygen atoms in total. The van der Waals surface area contributed by atoms with Gasteiger partial charge in [0, 0.05) is 13.0 Å². The molecule has 1 heterocycles. The van der Waals surface area contributed by atoms with Gasteiger partial charge in [0.1, 0.15) is 5.75 Å². The molecule has 0 radical (unpaired) electrons. The van der Waals surface area contributed by atoms with Crippen molar-refractivity contribution in [2.24, 2.45) is 5.73 Å². The number of benzene rings is 1. The summed E-state index contributed by atoms with van der Waals surface area (Å²) in [7, 11) is 0. The van der Waals surface area contributed by atoms with Crippen molar-refractivity contribution >= 4 is 0 Å². The molecule has 0 amide bonds. The summed E-state index contributed by atoms with van der Waals surface area (Å²) in [4.78, 5) is 0. The van der Waals surface area contributed by atoms with Gasteiger partial charge in [-0.1, -0.05) is 19.1 Å². The molecule has 1 aromatic carbocycles. The van der Waals surface area contributed by atoms with Crippen LogP contribution in [0.15, 0.2) is 28.7 Å². The molecule has 102 valence electrons. The summed E-state index contributed by atoms with van der Waals surface area (Å²) in [5.41, 5.74) is 7.12. The predicted molar refractivity (Wildman–Crippen MR) is 71.8 cm³/mol. The first-order valence-corrected chi connectivity index (χ1v) is 6.43. The lowest BCUT2D eigenvalue weighted by atomic mass is 10.0. The average molecular weight is 261 g/mol. The van der Waals surface area contributed by atoms with Crippen LogP contribution < -0.4 is 10.5 Å². The third-order valence-corrected chi connectivity index (χ3v) is 2.85. The van der Waals surface area contributed by atoms with E-state index < -0.39 is 0 Å². The van der Waals surface area contributed by atoms with Gasteiger partial charge < -0.3 is 14.9 Å². The van der Waals surface area contributed by atoms with Gasteiger partial charge in [0.25, 0.3) is 5.89 Å². The standard InChI is InChI=1S/C14H19N3O2/c1-3-12(15)7-11-5-4-6-13(8-11)18-9-14-17-16-10(2)19-14/h4-6,8,12H,3,7,9,15H2,1-2H3. The molecule has 2 aromatic rings. The summed E-state index contributed by atoms with van der Waals surface area (Å²) in [6.45, 7) is 4.12. The maximum absolute atomic E-state index is 5.95. The number of nitrogens with zero attached hydrogens (tertiary/aromatic N) is 2. The third kappa shape index (κ3) is 4.06. The van der Waals surface area contributed by atoms with Crippen LogP contribution in [0.2, 0.25) is 0 Å². The molecular formula is C14H19N3O2. The van der Waals surface area contributed by atoms with Crippen LogP contribution in [-0.4, -0.2) is 16.2 Å². The Morgan fingerprint density at radius 3 is 2.89 bits per heavy atom. The van der Waals surface area contributed by atoms with E-state index in [-0.39, 0.29) is 12.6 Å². The number of hydrogen-bond donors (Lipinski definition) is 1. The Kier molecular flexibility index (Phi) is 4.52. The molecule has 2 N–H and O–H groups in total. The van der Waals surface area contributed by atoms with Gasteiger partial charge in [-0.15, -0.1) is 10.2 Å². The molecule has 5 heteroatoms. The summed E-state index contributed by atoms with van der Waals surface area (Å²) >= 11 is 0. The van der Waals surface area contributed by atoms with E-state index in [0.717, 1.165) is 18.6 Å². The smallest absolute Gasteiger partial charge is 0.253 e. The lowest BCUT2D eigenvalue weighted by molar-refractivity contribution is 0.260. The summed E-state index contributed by atoms with van der Waals surface area (Å²) in [6, 6.07) is 8.11. The zero-order valence-corrected chi connectivity index (χ0v) is 11.3. The largest absolute Gasteiger partial charge is 0.484 e. The van der Waals surface area contributed by atoms with Crippen LogP contribution in [-0.2, 0) is 13.0 Å². The monoisotopic (exact) mass is 261 g/mol. The van der Waals surface area contributed by atoms with E-state index in [0.29, 0.717) is 11.8 Å². The molecule has 0 spiro atoms. The van der Waals surface area contributed by atoms with Gasteiger partial charge in [-0.3, -0.25) is 0 Å². The van der Waals surface area contributed by atoms with E-state index >= 15 is 0 Å². The second-order valence-corrected chi connectivity index (χ2v) is 4.52. The maximum Gasteiger partial charge on any atom is 0.253 e. The molecule has 1 unspecified atom stereocenters. The normalized spacial score (nSPS) is 12.4. The van der Waals surface area contributed by atoms with Gasteiger partial charge in [0.15, 0.2) is 6.61 Å². The molecule has 1 atom stereocenters. The summed E-state index contributed by atoms with van der Waals surface area (Å²) < 4.78 is 10.9. The van der Waals surface area contributed by atoms with Gasteiger partial charge in [0.05, 0.1) is 0 Å². The molecule has 2 rings (SSSR count). The lowest BCUT2D eigenvalue weighted by Gasteiger charge is -2.10. The van der Waals surface area contributed by atoms with Crippen LogP contribution in [0.25, 0.3) is 0 Å². The molecule has 0 bridgehead atoms. The van der Waals surface area contributed by atoms with E-state index in [1.54, 1.807) is 6.92 Å². The van der Waals surface area contributed by atoms with E-state index in [2.05, 4.69) is 23.2 Å². The van der Waals surface area contributed by atoms with Gasteiger partial charge in [-0.05, 0) is 30.5 Å². The number of aryl methyl sites for hydroxylation is 1. The Morgan fingerprint density at radius 1 is 1.37 bits per heavy atom. The topological polar surface area (TPSA) is 74.2 Å². The van der Waals surface area contributed by atoms with E-state index in [1.165, 1.54) is 5.56 Å². The van der Waals surface area contributed by atoms with Crippen molar-refractivity contribution < 1.29 is 9.15 Å². The molecule has 0 saturated heterocycles. The molecule has 0 aliphatic heterocycles. The van der Waals surface area contributed by atoms with Crippen LogP contribution in [0.4, 0.5) is 0 Å². The van der Waals surface area contributed by atoms with E-state index in [1.807, 2.05) is 18.2 Å². The molecule has 0 fully saturated rings. The highest BCUT2D eigenvalue weighted by atomic mass is 16.5. The van der Waals surface area contributed by atoms with Gasteiger partial charge in [-0.25, -0.2) is 0 Å². The fourth-order valence-corrected chi connectivity index (χ4v) is 1.75. The van der Waals surface area contributed by atoms with Crippen molar-refractivity contribution in [3.63, 3.8) is 0 Å². The Balaban J connectivity index is 1.95. The molecule has 0 aliphatic rings. The zero-order valence-electron chi connectivity index (χ0n) is 11.3. The highest BCUT2D eigenvalue weighted by molar-refractivity contribution is 5.29. The van der Waals surface area contributed by atoms with Crippen LogP contribution in [0.3, 0.4) is 0 Å². The molecule has 1 aromatic heterocycles. The maximum atomic E-state index is 5.95. The van der Waals surface area contributed by atoms with E-state index in [4.69, 9.17) is 14.9 Å². The van der Waals surface area contributed by atoms with Gasteiger partial charge in [0.2, 0.25) is 5.89 Å². The van der Waals surface area contributed by atoms with Crippen molar-refractivity contribution in [2.45, 2.75) is 39.3 Å². The fraction of sp³-hybridized carbons (Fsp3) is 0.429. The highest BCUT2D eigenvalue weighted by Gasteiger charge is 2.05. The van der Waals surface area contributed by atoms with Crippen molar-refractivity contribution in [2.75, 3.05) is 0 Å². The summed E-state index contributed by atoms with van der Waals surface area (Å²) in [5.74, 6) is 1.81. The van der Waals surface area contributed by atoms with Crippen molar-refractivity contribution in [3.8, 4) is 5.75 Å². The Hall–Kier alpha value is -1.88. The first-order chi connectivity index (χ1) is 9.17. The van der Waals surface area contributed by atoms with Crippen LogP contribution >= 0.6 is 0 Å². The summed E-state index contributed by atoms with van der Waals surface area (Å²) in [5, 5.41) is 7.64. The molecular weight excluding hydrogens is 242 g/mol. The van der Waals surface area contributed by atoms with Crippen molar-refractivity contribution in [1.29, 1.82) is 0 Å². The minimum Gasteiger partial charge on any atom is -0.484 e. The molecule has 0 saturated carbocycles. The van der Waals surface area contributed by atoms with Crippen LogP contribution in [0, 0.1) is 6.92 Å². The number of nitrogens with two attached hydrogens (primary N) is 1. The predicted octanol–water partition coefficient (Wildman–Crippen LogP) is 2.24. The third-order valence-electron chi connectivity index (χ3n) is 2.85. The van der Waals surface area contributed by atoms with Crippen molar-refractivity contribution in [3.05, 3.63) is 41.6 Å². The highest BCUT2D eigenvalue weighted by Crippen LogP contribution is 2.16. The fourth-order valence-electron chi connectivity index (χ4n) is 1.75. The van der Waals surface area contributed by atoms with Gasteiger partial charge >= 0.3 is 0 Å². The second kappa shape index (κ2) is 6.33. The SMILES string of the molecule is CCC(N)Cc1cccc(OCc2nnc(C)o2)c1. The van der Waals surface area contributed by atoms with E-state index in [9.17, 15) is 0 Å². The first-order valence-electron chi connectivity index (χ1n) is 6.43. The number of rotatable bonds is 6. The quantitative estimate of drug-likeness (QED) is 0.863. The van der Waals surface area contributed by atoms with Crippen LogP contribution in [0.5, 0.6) is 5.75 Å².